The van der Waals surface area contributed by atoms with Crippen molar-refractivity contribution in [3.63, 3.8) is 0 Å². The van der Waals surface area contributed by atoms with E-state index in [0.29, 0.717) is 12.3 Å². The highest BCUT2D eigenvalue weighted by Gasteiger charge is 2.58. The zero-order valence-corrected chi connectivity index (χ0v) is 8.44. The summed E-state index contributed by atoms with van der Waals surface area (Å²) in [5.41, 5.74) is -1.27. The fraction of sp³-hybridized carbons (Fsp3) is 0.636. The number of hydrogen-bond acceptors (Lipinski definition) is 3. The molecule has 3 unspecified atom stereocenters. The number of esters is 1. The summed E-state index contributed by atoms with van der Waals surface area (Å²) in [5.74, 6) is -1.25. The minimum atomic E-state index is -1.27. The molecule has 2 fully saturated rings. The average molecular weight is 210 g/mol. The third-order valence-electron chi connectivity index (χ3n) is 3.60. The molecule has 0 spiro atoms. The van der Waals surface area contributed by atoms with Crippen LogP contribution in [0.25, 0.3) is 0 Å². The van der Waals surface area contributed by atoms with E-state index in [9.17, 15) is 14.7 Å². The van der Waals surface area contributed by atoms with Crippen LogP contribution in [0.5, 0.6) is 0 Å². The first kappa shape index (κ1) is 10.2. The monoisotopic (exact) mass is 210 g/mol. The number of rotatable bonds is 3. The quantitative estimate of drug-likeness (QED) is 0.564. The Labute approximate surface area is 87.9 Å². The Kier molecular flexibility index (Phi) is 2.29. The van der Waals surface area contributed by atoms with Gasteiger partial charge in [0.1, 0.15) is 0 Å². The molecule has 2 saturated carbocycles. The number of carboxylic acid groups (broad SMARTS) is 1. The Morgan fingerprint density at radius 1 is 1.47 bits per heavy atom. The van der Waals surface area contributed by atoms with Gasteiger partial charge in [0.15, 0.2) is 0 Å². The number of carboxylic acids is 1. The van der Waals surface area contributed by atoms with Crippen LogP contribution >= 0.6 is 0 Å². The summed E-state index contributed by atoms with van der Waals surface area (Å²) in [6.45, 7) is 3.29. The number of aliphatic carboxylic acids is 1. The summed E-state index contributed by atoms with van der Waals surface area (Å²) in [7, 11) is 0. The van der Waals surface area contributed by atoms with Gasteiger partial charge in [-0.15, -0.1) is 0 Å². The number of ether oxygens (including phenoxy) is 1. The van der Waals surface area contributed by atoms with E-state index in [2.05, 4.69) is 6.58 Å². The zero-order valence-electron chi connectivity index (χ0n) is 8.44. The molecule has 1 N–H and O–H groups in total. The minimum Gasteiger partial charge on any atom is -0.478 e. The van der Waals surface area contributed by atoms with Crippen molar-refractivity contribution in [3.8, 4) is 0 Å². The van der Waals surface area contributed by atoms with Crippen molar-refractivity contribution in [1.29, 1.82) is 0 Å². The summed E-state index contributed by atoms with van der Waals surface area (Å²) >= 11 is 0. The number of carbonyl (C=O) groups is 2. The molecule has 0 radical (unpaired) electrons. The van der Waals surface area contributed by atoms with Crippen molar-refractivity contribution in [2.75, 3.05) is 0 Å². The van der Waals surface area contributed by atoms with Gasteiger partial charge in [0.25, 0.3) is 0 Å². The molecule has 2 rings (SSSR count). The van der Waals surface area contributed by atoms with Gasteiger partial charge in [0, 0.05) is 18.4 Å². The first-order valence-electron chi connectivity index (χ1n) is 5.17. The van der Waals surface area contributed by atoms with E-state index in [1.807, 2.05) is 0 Å². The van der Waals surface area contributed by atoms with E-state index in [4.69, 9.17) is 4.74 Å². The molecule has 0 heterocycles. The molecule has 0 aromatic heterocycles. The second-order valence-electron chi connectivity index (χ2n) is 4.40. The topological polar surface area (TPSA) is 63.6 Å². The van der Waals surface area contributed by atoms with Crippen molar-refractivity contribution in [2.45, 2.75) is 31.3 Å². The molecule has 2 bridgehead atoms. The van der Waals surface area contributed by atoms with Crippen molar-refractivity contribution >= 4 is 11.9 Å². The van der Waals surface area contributed by atoms with Gasteiger partial charge >= 0.3 is 11.9 Å². The summed E-state index contributed by atoms with van der Waals surface area (Å²) in [6, 6.07) is 0. The molecule has 0 saturated heterocycles. The van der Waals surface area contributed by atoms with Gasteiger partial charge in [-0.2, -0.15) is 0 Å². The third-order valence-corrected chi connectivity index (χ3v) is 3.60. The SMILES string of the molecule is C=CC(=O)OC1(C(=O)O)CC2CCC1C2. The van der Waals surface area contributed by atoms with Crippen LogP contribution in [0.2, 0.25) is 0 Å². The van der Waals surface area contributed by atoms with E-state index < -0.39 is 17.5 Å². The van der Waals surface area contributed by atoms with Crippen LogP contribution in [-0.2, 0) is 14.3 Å². The van der Waals surface area contributed by atoms with Crippen LogP contribution in [0.1, 0.15) is 25.7 Å². The number of hydrogen-bond donors (Lipinski definition) is 1. The lowest BCUT2D eigenvalue weighted by Gasteiger charge is -2.32. The van der Waals surface area contributed by atoms with E-state index in [-0.39, 0.29) is 5.92 Å². The largest absolute Gasteiger partial charge is 0.478 e. The van der Waals surface area contributed by atoms with E-state index in [1.54, 1.807) is 0 Å². The third kappa shape index (κ3) is 1.44. The summed E-state index contributed by atoms with van der Waals surface area (Å²) in [6.07, 6.45) is 4.27. The molecule has 0 aromatic rings. The summed E-state index contributed by atoms with van der Waals surface area (Å²) in [5, 5.41) is 9.22. The maximum absolute atomic E-state index is 11.3. The van der Waals surface area contributed by atoms with Crippen LogP contribution in [0.15, 0.2) is 12.7 Å². The van der Waals surface area contributed by atoms with Gasteiger partial charge in [0.2, 0.25) is 5.60 Å². The van der Waals surface area contributed by atoms with Crippen LogP contribution < -0.4 is 0 Å². The molecule has 4 nitrogen and oxygen atoms in total. The van der Waals surface area contributed by atoms with E-state index in [1.165, 1.54) is 0 Å². The Hall–Kier alpha value is -1.32. The molecular formula is C11H14O4. The van der Waals surface area contributed by atoms with E-state index in [0.717, 1.165) is 25.3 Å². The highest BCUT2D eigenvalue weighted by Crippen LogP contribution is 2.52. The number of fused-ring (bicyclic) bond motifs is 2. The molecule has 82 valence electrons. The first-order chi connectivity index (χ1) is 7.08. The number of carbonyl (C=O) groups excluding carboxylic acids is 1. The Morgan fingerprint density at radius 2 is 2.20 bits per heavy atom. The van der Waals surface area contributed by atoms with Crippen molar-refractivity contribution in [3.05, 3.63) is 12.7 Å². The Morgan fingerprint density at radius 3 is 2.60 bits per heavy atom. The summed E-state index contributed by atoms with van der Waals surface area (Å²) in [4.78, 5) is 22.4. The van der Waals surface area contributed by atoms with Gasteiger partial charge < -0.3 is 9.84 Å². The van der Waals surface area contributed by atoms with Gasteiger partial charge in [-0.25, -0.2) is 9.59 Å². The highest BCUT2D eigenvalue weighted by molar-refractivity contribution is 5.87. The van der Waals surface area contributed by atoms with Gasteiger partial charge in [0.05, 0.1) is 0 Å². The molecule has 3 atom stereocenters. The molecule has 2 aliphatic rings. The van der Waals surface area contributed by atoms with Crippen LogP contribution in [0.4, 0.5) is 0 Å². The van der Waals surface area contributed by atoms with Gasteiger partial charge in [-0.1, -0.05) is 6.58 Å². The van der Waals surface area contributed by atoms with Crippen molar-refractivity contribution in [1.82, 2.24) is 0 Å². The molecule has 4 heteroatoms. The van der Waals surface area contributed by atoms with Crippen LogP contribution in [0.3, 0.4) is 0 Å². The molecule has 0 aliphatic heterocycles. The maximum atomic E-state index is 11.3. The van der Waals surface area contributed by atoms with Crippen LogP contribution in [-0.4, -0.2) is 22.6 Å². The average Bonchev–Trinajstić information content (AvgIpc) is 2.77. The Balaban J connectivity index is 2.22. The molecule has 0 amide bonds. The second kappa shape index (κ2) is 3.36. The van der Waals surface area contributed by atoms with E-state index >= 15 is 0 Å². The lowest BCUT2D eigenvalue weighted by molar-refractivity contribution is -0.182. The normalized spacial score (nSPS) is 37.6. The molecular weight excluding hydrogens is 196 g/mol. The smallest absolute Gasteiger partial charge is 0.348 e. The second-order valence-corrected chi connectivity index (χ2v) is 4.40. The maximum Gasteiger partial charge on any atom is 0.348 e. The molecule has 2 aliphatic carbocycles. The summed E-state index contributed by atoms with van der Waals surface area (Å²) < 4.78 is 5.09. The Bertz CT molecular complexity index is 323. The fourth-order valence-corrected chi connectivity index (χ4v) is 2.93. The lowest BCUT2D eigenvalue weighted by Crippen LogP contribution is -2.47. The standard InChI is InChI=1S/C11H14O4/c1-2-9(12)15-11(10(13)14)6-7-3-4-8(11)5-7/h2,7-8H,1,3-6H2,(H,13,14). The van der Waals surface area contributed by atoms with Crippen LogP contribution in [0, 0.1) is 11.8 Å². The molecule has 0 aromatic carbocycles. The minimum absolute atomic E-state index is 0.0103. The first-order valence-corrected chi connectivity index (χ1v) is 5.17. The predicted octanol–water partition coefficient (Wildman–Crippen LogP) is 1.36. The lowest BCUT2D eigenvalue weighted by atomic mass is 9.84. The zero-order chi connectivity index (χ0) is 11.1. The highest BCUT2D eigenvalue weighted by atomic mass is 16.6. The van der Waals surface area contributed by atoms with Crippen molar-refractivity contribution in [2.24, 2.45) is 11.8 Å². The van der Waals surface area contributed by atoms with Crippen molar-refractivity contribution < 1.29 is 19.4 Å². The molecule has 15 heavy (non-hydrogen) atoms. The predicted molar refractivity (Wildman–Crippen MR) is 52.1 cm³/mol. The van der Waals surface area contributed by atoms with Gasteiger partial charge in [-0.05, 0) is 25.2 Å². The fourth-order valence-electron chi connectivity index (χ4n) is 2.93. The van der Waals surface area contributed by atoms with Gasteiger partial charge in [-0.3, -0.25) is 0 Å².